The van der Waals surface area contributed by atoms with E-state index in [0.29, 0.717) is 6.61 Å². The zero-order valence-electron chi connectivity index (χ0n) is 10.9. The van der Waals surface area contributed by atoms with Crippen molar-refractivity contribution in [3.63, 3.8) is 0 Å². The molecule has 0 saturated carbocycles. The summed E-state index contributed by atoms with van der Waals surface area (Å²) in [6.07, 6.45) is 1.05. The van der Waals surface area contributed by atoms with Crippen LogP contribution in [0.1, 0.15) is 11.1 Å². The summed E-state index contributed by atoms with van der Waals surface area (Å²) in [6.45, 7) is 0.558. The van der Waals surface area contributed by atoms with Gasteiger partial charge >= 0.3 is 0 Å². The minimum absolute atomic E-state index is 0.558. The third-order valence-electron chi connectivity index (χ3n) is 2.85. The molecule has 0 fully saturated rings. The first kappa shape index (κ1) is 14.2. The van der Waals surface area contributed by atoms with Crippen LogP contribution in [0.15, 0.2) is 48.5 Å². The van der Waals surface area contributed by atoms with Gasteiger partial charge in [0.15, 0.2) is 11.5 Å². The standard InChI is InChI=1S/C16H17IO2/c1-18-16-11-13(9-10-17)7-8-15(16)19-12-14-5-3-2-4-6-14/h2-8,11H,9-10,12H2,1H3. The molecular formula is C16H17IO2. The SMILES string of the molecule is COc1cc(CCI)ccc1OCc1ccccc1. The Morgan fingerprint density at radius 3 is 2.42 bits per heavy atom. The lowest BCUT2D eigenvalue weighted by Crippen LogP contribution is -1.98. The van der Waals surface area contributed by atoms with Crippen molar-refractivity contribution in [3.8, 4) is 11.5 Å². The van der Waals surface area contributed by atoms with Gasteiger partial charge in [0.1, 0.15) is 6.61 Å². The van der Waals surface area contributed by atoms with Gasteiger partial charge in [-0.3, -0.25) is 0 Å². The highest BCUT2D eigenvalue weighted by atomic mass is 127. The number of hydrogen-bond acceptors (Lipinski definition) is 2. The molecule has 0 aromatic heterocycles. The summed E-state index contributed by atoms with van der Waals surface area (Å²) in [5.74, 6) is 1.60. The van der Waals surface area contributed by atoms with E-state index >= 15 is 0 Å². The van der Waals surface area contributed by atoms with Gasteiger partial charge < -0.3 is 9.47 Å². The minimum Gasteiger partial charge on any atom is -0.493 e. The third-order valence-corrected chi connectivity index (χ3v) is 3.39. The van der Waals surface area contributed by atoms with Crippen molar-refractivity contribution < 1.29 is 9.47 Å². The van der Waals surface area contributed by atoms with Crippen LogP contribution < -0.4 is 9.47 Å². The Morgan fingerprint density at radius 2 is 1.74 bits per heavy atom. The molecule has 0 aliphatic rings. The molecule has 0 amide bonds. The van der Waals surface area contributed by atoms with Crippen LogP contribution in [0.2, 0.25) is 0 Å². The number of benzene rings is 2. The van der Waals surface area contributed by atoms with E-state index in [1.165, 1.54) is 5.56 Å². The van der Waals surface area contributed by atoms with Crippen LogP contribution in [-0.4, -0.2) is 11.5 Å². The zero-order valence-corrected chi connectivity index (χ0v) is 13.1. The van der Waals surface area contributed by atoms with E-state index in [1.807, 2.05) is 24.3 Å². The first-order valence-electron chi connectivity index (χ1n) is 6.23. The number of ether oxygens (including phenoxy) is 2. The second-order valence-electron chi connectivity index (χ2n) is 4.20. The van der Waals surface area contributed by atoms with Crippen LogP contribution >= 0.6 is 22.6 Å². The Hall–Kier alpha value is -1.23. The summed E-state index contributed by atoms with van der Waals surface area (Å²) in [6, 6.07) is 16.3. The highest BCUT2D eigenvalue weighted by Gasteiger charge is 2.06. The summed E-state index contributed by atoms with van der Waals surface area (Å²) in [5.41, 5.74) is 2.43. The highest BCUT2D eigenvalue weighted by molar-refractivity contribution is 14.1. The van der Waals surface area contributed by atoms with Gasteiger partial charge in [0.05, 0.1) is 7.11 Å². The van der Waals surface area contributed by atoms with E-state index in [9.17, 15) is 0 Å². The molecule has 0 spiro atoms. The molecule has 0 radical (unpaired) electrons. The molecule has 0 aliphatic heterocycles. The molecule has 0 aliphatic carbocycles. The lowest BCUT2D eigenvalue weighted by atomic mass is 10.1. The molecule has 100 valence electrons. The largest absolute Gasteiger partial charge is 0.493 e. The Balaban J connectivity index is 2.07. The monoisotopic (exact) mass is 368 g/mol. The van der Waals surface area contributed by atoms with E-state index in [2.05, 4.69) is 46.9 Å². The molecule has 19 heavy (non-hydrogen) atoms. The highest BCUT2D eigenvalue weighted by Crippen LogP contribution is 2.29. The van der Waals surface area contributed by atoms with Crippen LogP contribution in [-0.2, 0) is 13.0 Å². The van der Waals surface area contributed by atoms with Gasteiger partial charge in [-0.25, -0.2) is 0 Å². The lowest BCUT2D eigenvalue weighted by molar-refractivity contribution is 0.284. The summed E-state index contributed by atoms with van der Waals surface area (Å²) in [4.78, 5) is 0. The maximum Gasteiger partial charge on any atom is 0.161 e. The van der Waals surface area contributed by atoms with Gasteiger partial charge in [0.2, 0.25) is 0 Å². The van der Waals surface area contributed by atoms with Gasteiger partial charge in [0.25, 0.3) is 0 Å². The minimum atomic E-state index is 0.558. The molecule has 2 aromatic carbocycles. The predicted octanol–water partition coefficient (Wildman–Crippen LogP) is 4.25. The maximum atomic E-state index is 5.82. The molecule has 0 bridgehead atoms. The van der Waals surface area contributed by atoms with Crippen molar-refractivity contribution in [2.45, 2.75) is 13.0 Å². The molecule has 0 N–H and O–H groups in total. The lowest BCUT2D eigenvalue weighted by Gasteiger charge is -2.12. The molecule has 0 unspecified atom stereocenters. The smallest absolute Gasteiger partial charge is 0.161 e. The molecule has 2 aromatic rings. The third kappa shape index (κ3) is 4.13. The van der Waals surface area contributed by atoms with Crippen LogP contribution in [0.5, 0.6) is 11.5 Å². The first-order valence-corrected chi connectivity index (χ1v) is 7.75. The number of aryl methyl sites for hydroxylation is 1. The topological polar surface area (TPSA) is 18.5 Å². The fourth-order valence-corrected chi connectivity index (χ4v) is 2.45. The van der Waals surface area contributed by atoms with Gasteiger partial charge in [-0.15, -0.1) is 0 Å². The molecular weight excluding hydrogens is 351 g/mol. The molecule has 0 heterocycles. The van der Waals surface area contributed by atoms with Crippen molar-refractivity contribution in [1.29, 1.82) is 0 Å². The zero-order chi connectivity index (χ0) is 13.5. The average Bonchev–Trinajstić information content (AvgIpc) is 2.47. The molecule has 2 rings (SSSR count). The van der Waals surface area contributed by atoms with Crippen molar-refractivity contribution in [1.82, 2.24) is 0 Å². The first-order chi connectivity index (χ1) is 9.33. The van der Waals surface area contributed by atoms with Gasteiger partial charge in [-0.05, 0) is 29.7 Å². The average molecular weight is 368 g/mol. The number of methoxy groups -OCH3 is 1. The maximum absolute atomic E-state index is 5.82. The molecule has 2 nitrogen and oxygen atoms in total. The van der Waals surface area contributed by atoms with Crippen LogP contribution in [0.25, 0.3) is 0 Å². The van der Waals surface area contributed by atoms with Crippen LogP contribution in [0.4, 0.5) is 0 Å². The number of rotatable bonds is 6. The normalized spacial score (nSPS) is 10.2. The predicted molar refractivity (Wildman–Crippen MR) is 86.4 cm³/mol. The second-order valence-corrected chi connectivity index (χ2v) is 5.28. The Kier molecular flexibility index (Phi) is 5.51. The van der Waals surface area contributed by atoms with Crippen molar-refractivity contribution >= 4 is 22.6 Å². The van der Waals surface area contributed by atoms with E-state index in [-0.39, 0.29) is 0 Å². The summed E-state index contributed by atoms with van der Waals surface area (Å²) in [7, 11) is 1.68. The van der Waals surface area contributed by atoms with Crippen LogP contribution in [0, 0.1) is 0 Å². The Labute approximate surface area is 127 Å². The van der Waals surface area contributed by atoms with E-state index in [1.54, 1.807) is 7.11 Å². The summed E-state index contributed by atoms with van der Waals surface area (Å²) in [5, 5.41) is 0. The second kappa shape index (κ2) is 7.38. The van der Waals surface area contributed by atoms with Gasteiger partial charge in [-0.1, -0.05) is 59.0 Å². The van der Waals surface area contributed by atoms with E-state index < -0.39 is 0 Å². The van der Waals surface area contributed by atoms with Crippen molar-refractivity contribution in [2.24, 2.45) is 0 Å². The molecule has 0 atom stereocenters. The van der Waals surface area contributed by atoms with Gasteiger partial charge in [0, 0.05) is 4.43 Å². The Bertz CT molecular complexity index is 511. The van der Waals surface area contributed by atoms with Crippen LogP contribution in [0.3, 0.4) is 0 Å². The molecule has 0 saturated heterocycles. The van der Waals surface area contributed by atoms with E-state index in [0.717, 1.165) is 27.9 Å². The van der Waals surface area contributed by atoms with E-state index in [4.69, 9.17) is 9.47 Å². The quantitative estimate of drug-likeness (QED) is 0.561. The van der Waals surface area contributed by atoms with Crippen molar-refractivity contribution in [2.75, 3.05) is 11.5 Å². The molecule has 3 heteroatoms. The van der Waals surface area contributed by atoms with Crippen molar-refractivity contribution in [3.05, 3.63) is 59.7 Å². The fourth-order valence-electron chi connectivity index (χ4n) is 1.83. The number of hydrogen-bond donors (Lipinski definition) is 0. The van der Waals surface area contributed by atoms with Gasteiger partial charge in [-0.2, -0.15) is 0 Å². The summed E-state index contributed by atoms with van der Waals surface area (Å²) < 4.78 is 12.3. The summed E-state index contributed by atoms with van der Waals surface area (Å²) >= 11 is 2.38. The Morgan fingerprint density at radius 1 is 0.947 bits per heavy atom. The number of alkyl halides is 1. The number of halogens is 1. The fraction of sp³-hybridized carbons (Fsp3) is 0.250.